The summed E-state index contributed by atoms with van der Waals surface area (Å²) in [7, 11) is 3.29. The lowest BCUT2D eigenvalue weighted by molar-refractivity contribution is -0.116. The van der Waals surface area contributed by atoms with Crippen LogP contribution < -0.4 is 14.8 Å². The molecule has 4 nitrogen and oxygen atoms in total. The summed E-state index contributed by atoms with van der Waals surface area (Å²) in [5, 5.41) is 6.02. The Morgan fingerprint density at radius 3 is 2.48 bits per heavy atom. The first kappa shape index (κ1) is 19.7. The van der Waals surface area contributed by atoms with Gasteiger partial charge in [0.05, 0.1) is 20.3 Å². The van der Waals surface area contributed by atoms with E-state index in [0.717, 1.165) is 45.2 Å². The van der Waals surface area contributed by atoms with Crippen molar-refractivity contribution in [3.05, 3.63) is 71.3 Å². The summed E-state index contributed by atoms with van der Waals surface area (Å²) in [5.41, 5.74) is 5.10. The number of allylic oxidation sites excluding steroid dienone is 1. The number of carbonyl (C=O) groups excluding carboxylic acids is 1. The van der Waals surface area contributed by atoms with Crippen LogP contribution in [-0.2, 0) is 4.79 Å². The fraction of sp³-hybridized carbons (Fsp3) is 0.296. The van der Waals surface area contributed by atoms with Crippen LogP contribution in [0.2, 0.25) is 0 Å². The summed E-state index contributed by atoms with van der Waals surface area (Å²) in [6.07, 6.45) is 1.43. The third-order valence-corrected chi connectivity index (χ3v) is 6.48. The Kier molecular flexibility index (Phi) is 4.54. The second-order valence-electron chi connectivity index (χ2n) is 9.24. The second-order valence-corrected chi connectivity index (χ2v) is 9.24. The van der Waals surface area contributed by atoms with Crippen molar-refractivity contribution in [3.8, 4) is 11.5 Å². The molecule has 4 heteroatoms. The van der Waals surface area contributed by atoms with Crippen molar-refractivity contribution in [3.63, 3.8) is 0 Å². The van der Waals surface area contributed by atoms with Crippen LogP contribution in [0.1, 0.15) is 43.9 Å². The van der Waals surface area contributed by atoms with Crippen molar-refractivity contribution >= 4 is 27.8 Å². The number of benzene rings is 3. The molecule has 1 aliphatic heterocycles. The Bertz CT molecular complexity index is 1240. The van der Waals surface area contributed by atoms with E-state index in [9.17, 15) is 4.79 Å². The average molecular weight is 414 g/mol. The smallest absolute Gasteiger partial charge is 0.164 e. The maximum absolute atomic E-state index is 13.5. The van der Waals surface area contributed by atoms with Gasteiger partial charge in [0.2, 0.25) is 0 Å². The number of carbonyl (C=O) groups is 1. The lowest BCUT2D eigenvalue weighted by Gasteiger charge is -2.40. The van der Waals surface area contributed by atoms with E-state index in [2.05, 4.69) is 49.5 Å². The molecule has 2 aliphatic rings. The van der Waals surface area contributed by atoms with Crippen molar-refractivity contribution in [2.75, 3.05) is 19.5 Å². The molecule has 1 atom stereocenters. The van der Waals surface area contributed by atoms with Crippen LogP contribution in [0, 0.1) is 5.41 Å². The fourth-order valence-electron chi connectivity index (χ4n) is 5.14. The van der Waals surface area contributed by atoms with Crippen LogP contribution in [-0.4, -0.2) is 20.0 Å². The van der Waals surface area contributed by atoms with E-state index >= 15 is 0 Å². The zero-order valence-corrected chi connectivity index (χ0v) is 18.4. The number of ketones is 1. The predicted molar refractivity (Wildman–Crippen MR) is 125 cm³/mol. The molecular weight excluding hydrogens is 386 g/mol. The molecule has 0 fully saturated rings. The molecule has 5 rings (SSSR count). The summed E-state index contributed by atoms with van der Waals surface area (Å²) >= 11 is 0. The predicted octanol–water partition coefficient (Wildman–Crippen LogP) is 6.17. The molecule has 1 heterocycles. The van der Waals surface area contributed by atoms with Crippen LogP contribution in [0.5, 0.6) is 11.5 Å². The quantitative estimate of drug-likeness (QED) is 0.558. The third-order valence-electron chi connectivity index (χ3n) is 6.48. The minimum Gasteiger partial charge on any atom is -0.493 e. The molecule has 0 amide bonds. The monoisotopic (exact) mass is 413 g/mol. The maximum Gasteiger partial charge on any atom is 0.164 e. The minimum atomic E-state index is -0.0907. The Morgan fingerprint density at radius 2 is 1.71 bits per heavy atom. The van der Waals surface area contributed by atoms with E-state index in [-0.39, 0.29) is 17.2 Å². The molecule has 1 aliphatic carbocycles. The number of hydrogen-bond acceptors (Lipinski definition) is 4. The highest BCUT2D eigenvalue weighted by Crippen LogP contribution is 2.52. The molecule has 0 radical (unpaired) electrons. The normalized spacial score (nSPS) is 19.5. The van der Waals surface area contributed by atoms with E-state index < -0.39 is 0 Å². The molecule has 0 bridgehead atoms. The van der Waals surface area contributed by atoms with Crippen LogP contribution in [0.15, 0.2) is 60.2 Å². The number of hydrogen-bond donors (Lipinski definition) is 1. The molecule has 3 aromatic rings. The Hall–Kier alpha value is -3.27. The fourth-order valence-corrected chi connectivity index (χ4v) is 5.14. The van der Waals surface area contributed by atoms with Gasteiger partial charge < -0.3 is 14.8 Å². The zero-order chi connectivity index (χ0) is 21.8. The minimum absolute atomic E-state index is 0.0749. The molecule has 0 aromatic heterocycles. The van der Waals surface area contributed by atoms with Gasteiger partial charge in [0, 0.05) is 23.2 Å². The average Bonchev–Trinajstić information content (AvgIpc) is 2.76. The van der Waals surface area contributed by atoms with Crippen molar-refractivity contribution in [2.45, 2.75) is 32.7 Å². The molecule has 0 saturated heterocycles. The Labute approximate surface area is 182 Å². The Morgan fingerprint density at radius 1 is 0.935 bits per heavy atom. The molecule has 1 unspecified atom stereocenters. The molecular formula is C27H27NO3. The molecule has 158 valence electrons. The van der Waals surface area contributed by atoms with Crippen molar-refractivity contribution in [2.24, 2.45) is 5.41 Å². The largest absolute Gasteiger partial charge is 0.493 e. The summed E-state index contributed by atoms with van der Waals surface area (Å²) in [4.78, 5) is 13.5. The van der Waals surface area contributed by atoms with Gasteiger partial charge in [0.1, 0.15) is 0 Å². The van der Waals surface area contributed by atoms with Gasteiger partial charge >= 0.3 is 0 Å². The van der Waals surface area contributed by atoms with Gasteiger partial charge in [-0.2, -0.15) is 0 Å². The van der Waals surface area contributed by atoms with E-state index in [1.807, 2.05) is 24.3 Å². The number of fused-ring (bicyclic) bond motifs is 4. The lowest BCUT2D eigenvalue weighted by Crippen LogP contribution is -2.32. The first-order valence-corrected chi connectivity index (χ1v) is 10.7. The van der Waals surface area contributed by atoms with Crippen LogP contribution in [0.3, 0.4) is 0 Å². The summed E-state index contributed by atoms with van der Waals surface area (Å²) in [5.74, 6) is 1.62. The highest BCUT2D eigenvalue weighted by Gasteiger charge is 2.40. The lowest BCUT2D eigenvalue weighted by atomic mass is 9.68. The van der Waals surface area contributed by atoms with Gasteiger partial charge in [0.25, 0.3) is 0 Å². The topological polar surface area (TPSA) is 47.6 Å². The number of Topliss-reactive ketones (excluding diaryl/α,β-unsaturated/α-hetero) is 1. The van der Waals surface area contributed by atoms with E-state index in [1.54, 1.807) is 14.2 Å². The van der Waals surface area contributed by atoms with E-state index in [4.69, 9.17) is 9.47 Å². The van der Waals surface area contributed by atoms with Crippen molar-refractivity contribution in [1.82, 2.24) is 0 Å². The molecule has 31 heavy (non-hydrogen) atoms. The number of anilines is 1. The van der Waals surface area contributed by atoms with E-state index in [1.165, 1.54) is 0 Å². The van der Waals surface area contributed by atoms with Crippen LogP contribution >= 0.6 is 0 Å². The highest BCUT2D eigenvalue weighted by atomic mass is 16.5. The van der Waals surface area contributed by atoms with Gasteiger partial charge in [-0.05, 0) is 51.9 Å². The molecule has 1 N–H and O–H groups in total. The molecule has 0 saturated carbocycles. The summed E-state index contributed by atoms with van der Waals surface area (Å²) in [6.45, 7) is 4.36. The van der Waals surface area contributed by atoms with Gasteiger partial charge in [0.15, 0.2) is 17.3 Å². The SMILES string of the molecule is COc1ccc(C2Nc3ccc4ccccc4c3C3=C2CC(C)(C)CC3=O)cc1OC. The van der Waals surface area contributed by atoms with E-state index in [0.29, 0.717) is 17.9 Å². The highest BCUT2D eigenvalue weighted by molar-refractivity contribution is 6.28. The van der Waals surface area contributed by atoms with Gasteiger partial charge in [-0.1, -0.05) is 50.2 Å². The van der Waals surface area contributed by atoms with Crippen LogP contribution in [0.4, 0.5) is 5.69 Å². The summed E-state index contributed by atoms with van der Waals surface area (Å²) < 4.78 is 11.0. The maximum atomic E-state index is 13.5. The molecule has 3 aromatic carbocycles. The zero-order valence-electron chi connectivity index (χ0n) is 18.4. The first-order chi connectivity index (χ1) is 14.9. The summed E-state index contributed by atoms with van der Waals surface area (Å²) in [6, 6.07) is 18.4. The van der Waals surface area contributed by atoms with Gasteiger partial charge in [-0.3, -0.25) is 4.79 Å². The first-order valence-electron chi connectivity index (χ1n) is 10.7. The van der Waals surface area contributed by atoms with Gasteiger partial charge in [-0.15, -0.1) is 0 Å². The Balaban J connectivity index is 1.76. The van der Waals surface area contributed by atoms with Crippen molar-refractivity contribution in [1.29, 1.82) is 0 Å². The molecule has 0 spiro atoms. The number of ether oxygens (including phenoxy) is 2. The number of rotatable bonds is 3. The number of methoxy groups -OCH3 is 2. The third kappa shape index (κ3) is 3.18. The van der Waals surface area contributed by atoms with Crippen LogP contribution in [0.25, 0.3) is 16.3 Å². The van der Waals surface area contributed by atoms with Crippen molar-refractivity contribution < 1.29 is 14.3 Å². The second kappa shape index (κ2) is 7.16. The standard InChI is InChI=1S/C27H27NO3/c1-27(2)14-19-25(21(29)15-27)24-18-8-6-5-7-16(18)9-11-20(24)28-26(19)17-10-12-22(30-3)23(13-17)31-4/h5-13,26,28H,14-15H2,1-4H3. The van der Waals surface area contributed by atoms with Gasteiger partial charge in [-0.25, -0.2) is 0 Å². The number of nitrogens with one attached hydrogen (secondary N) is 1.